The standard InChI is InChI=1S/C14H13F3O7S.C2H6O/c1-4-5-23-11-6-10(24-25(20,21)14(15,16)17)8(2)9(7-18)12(11)13(19)22-3;1-3-2/h4,6-7H,1,5H2,2-3H3;1-2H3. The number of benzene rings is 1. The Morgan fingerprint density at radius 1 is 1.21 bits per heavy atom. The number of hydrogen-bond acceptors (Lipinski definition) is 8. The number of hydrogen-bond donors (Lipinski definition) is 0. The van der Waals surface area contributed by atoms with Crippen LogP contribution in [-0.4, -0.2) is 54.1 Å². The molecule has 0 N–H and O–H groups in total. The van der Waals surface area contributed by atoms with Crippen LogP contribution in [0.2, 0.25) is 0 Å². The fourth-order valence-electron chi connectivity index (χ4n) is 1.73. The minimum atomic E-state index is -5.98. The summed E-state index contributed by atoms with van der Waals surface area (Å²) in [6.45, 7) is 4.28. The van der Waals surface area contributed by atoms with Gasteiger partial charge in [0.15, 0.2) is 6.29 Å². The number of carbonyl (C=O) groups is 2. The summed E-state index contributed by atoms with van der Waals surface area (Å²) >= 11 is 0. The molecule has 8 nitrogen and oxygen atoms in total. The average Bonchev–Trinajstić information content (AvgIpc) is 2.60. The summed E-state index contributed by atoms with van der Waals surface area (Å²) in [6.07, 6.45) is 1.41. The molecule has 28 heavy (non-hydrogen) atoms. The summed E-state index contributed by atoms with van der Waals surface area (Å²) in [5, 5.41) is 0. The van der Waals surface area contributed by atoms with Gasteiger partial charge in [0.25, 0.3) is 0 Å². The number of esters is 1. The number of carbonyl (C=O) groups excluding carboxylic acids is 2. The first-order valence-corrected chi connectivity index (χ1v) is 8.68. The molecule has 0 aliphatic heterocycles. The van der Waals surface area contributed by atoms with Crippen LogP contribution in [0.1, 0.15) is 26.3 Å². The van der Waals surface area contributed by atoms with Crippen LogP contribution < -0.4 is 8.92 Å². The van der Waals surface area contributed by atoms with Crippen LogP contribution in [0.3, 0.4) is 0 Å². The highest BCUT2D eigenvalue weighted by atomic mass is 32.2. The van der Waals surface area contributed by atoms with E-state index >= 15 is 0 Å². The van der Waals surface area contributed by atoms with Crippen LogP contribution in [0.4, 0.5) is 13.2 Å². The lowest BCUT2D eigenvalue weighted by Gasteiger charge is -2.17. The largest absolute Gasteiger partial charge is 0.534 e. The monoisotopic (exact) mass is 428 g/mol. The van der Waals surface area contributed by atoms with E-state index in [0.717, 1.165) is 20.1 Å². The maximum atomic E-state index is 12.5. The van der Waals surface area contributed by atoms with Crippen molar-refractivity contribution in [1.82, 2.24) is 0 Å². The van der Waals surface area contributed by atoms with Gasteiger partial charge in [0.1, 0.15) is 23.7 Å². The van der Waals surface area contributed by atoms with E-state index in [0.29, 0.717) is 0 Å². The third kappa shape index (κ3) is 6.23. The lowest BCUT2D eigenvalue weighted by Crippen LogP contribution is -2.28. The van der Waals surface area contributed by atoms with Crippen molar-refractivity contribution in [2.24, 2.45) is 0 Å². The predicted octanol–water partition coefficient (Wildman–Crippen LogP) is 2.65. The number of aldehydes is 1. The van der Waals surface area contributed by atoms with Crippen molar-refractivity contribution in [2.45, 2.75) is 12.4 Å². The summed E-state index contributed by atoms with van der Waals surface area (Å²) in [5.41, 5.74) is -6.80. The zero-order valence-electron chi connectivity index (χ0n) is 15.5. The average molecular weight is 428 g/mol. The minimum absolute atomic E-state index is 0.148. The van der Waals surface area contributed by atoms with Gasteiger partial charge < -0.3 is 18.4 Å². The van der Waals surface area contributed by atoms with Crippen LogP contribution in [0.5, 0.6) is 11.5 Å². The Bertz CT molecular complexity index is 816. The molecule has 0 radical (unpaired) electrons. The van der Waals surface area contributed by atoms with Crippen molar-refractivity contribution >= 4 is 22.4 Å². The van der Waals surface area contributed by atoms with E-state index < -0.39 is 38.7 Å². The van der Waals surface area contributed by atoms with Gasteiger partial charge in [-0.25, -0.2) is 4.79 Å². The zero-order chi connectivity index (χ0) is 22.1. The maximum absolute atomic E-state index is 12.5. The van der Waals surface area contributed by atoms with Crippen LogP contribution >= 0.6 is 0 Å². The molecule has 0 bridgehead atoms. The molecular weight excluding hydrogens is 409 g/mol. The van der Waals surface area contributed by atoms with Crippen LogP contribution in [0.15, 0.2) is 18.7 Å². The Hall–Kier alpha value is -2.60. The molecule has 0 aliphatic rings. The van der Waals surface area contributed by atoms with Gasteiger partial charge in [0.05, 0.1) is 7.11 Å². The Balaban J connectivity index is 0.00000227. The smallest absolute Gasteiger partial charge is 0.488 e. The highest BCUT2D eigenvalue weighted by molar-refractivity contribution is 7.88. The molecule has 12 heteroatoms. The van der Waals surface area contributed by atoms with Crippen molar-refractivity contribution in [3.8, 4) is 11.5 Å². The second-order valence-electron chi connectivity index (χ2n) is 4.89. The molecule has 0 spiro atoms. The van der Waals surface area contributed by atoms with E-state index in [1.165, 1.54) is 6.08 Å². The molecule has 1 aromatic rings. The summed E-state index contributed by atoms with van der Waals surface area (Å²) in [5.74, 6) is -2.22. The van der Waals surface area contributed by atoms with E-state index in [9.17, 15) is 31.2 Å². The van der Waals surface area contributed by atoms with Crippen LogP contribution in [0.25, 0.3) is 0 Å². The summed E-state index contributed by atoms with van der Waals surface area (Å²) in [4.78, 5) is 23.2. The topological polar surface area (TPSA) is 105 Å². The molecule has 1 aromatic carbocycles. The van der Waals surface area contributed by atoms with Gasteiger partial charge in [-0.3, -0.25) is 4.79 Å². The number of alkyl halides is 3. The molecule has 0 amide bonds. The first-order chi connectivity index (χ1) is 12.9. The first-order valence-electron chi connectivity index (χ1n) is 7.27. The lowest BCUT2D eigenvalue weighted by molar-refractivity contribution is -0.0500. The van der Waals surface area contributed by atoms with E-state index in [-0.39, 0.29) is 24.0 Å². The molecule has 0 unspecified atom stereocenters. The third-order valence-corrected chi connectivity index (χ3v) is 3.86. The van der Waals surface area contributed by atoms with Crippen molar-refractivity contribution in [3.05, 3.63) is 35.4 Å². The van der Waals surface area contributed by atoms with E-state index in [1.807, 2.05) is 0 Å². The Morgan fingerprint density at radius 2 is 1.75 bits per heavy atom. The van der Waals surface area contributed by atoms with Gasteiger partial charge in [-0.05, 0) is 6.92 Å². The number of rotatable bonds is 7. The normalized spacial score (nSPS) is 11.0. The molecule has 0 saturated heterocycles. The molecule has 0 atom stereocenters. The SMILES string of the molecule is C=CCOc1cc(OS(=O)(=O)C(F)(F)F)c(C)c(C=O)c1C(=O)OC.COC. The second kappa shape index (κ2) is 10.7. The molecule has 0 fully saturated rings. The highest BCUT2D eigenvalue weighted by Gasteiger charge is 2.49. The van der Waals surface area contributed by atoms with Crippen LogP contribution in [0, 0.1) is 6.92 Å². The molecule has 1 rings (SSSR count). The summed E-state index contributed by atoms with van der Waals surface area (Å²) in [6, 6.07) is 0.751. The zero-order valence-corrected chi connectivity index (χ0v) is 16.3. The summed E-state index contributed by atoms with van der Waals surface area (Å²) in [7, 11) is -1.72. The van der Waals surface area contributed by atoms with Crippen molar-refractivity contribution < 1.29 is 49.6 Å². The Morgan fingerprint density at radius 3 is 2.14 bits per heavy atom. The van der Waals surface area contributed by atoms with Crippen molar-refractivity contribution in [2.75, 3.05) is 27.9 Å². The second-order valence-corrected chi connectivity index (χ2v) is 6.42. The highest BCUT2D eigenvalue weighted by Crippen LogP contribution is 2.36. The van der Waals surface area contributed by atoms with Gasteiger partial charge in [0.2, 0.25) is 0 Å². The van der Waals surface area contributed by atoms with Gasteiger partial charge in [-0.2, -0.15) is 21.6 Å². The Kier molecular flexibility index (Phi) is 9.67. The fraction of sp³-hybridized carbons (Fsp3) is 0.375. The number of ether oxygens (including phenoxy) is 3. The molecule has 158 valence electrons. The van der Waals surface area contributed by atoms with E-state index in [4.69, 9.17) is 4.74 Å². The molecular formula is C16H19F3O8S. The number of halogens is 3. The maximum Gasteiger partial charge on any atom is 0.534 e. The molecule has 0 aromatic heterocycles. The Labute approximate surface area is 160 Å². The molecule has 0 saturated carbocycles. The van der Waals surface area contributed by atoms with Gasteiger partial charge in [-0.1, -0.05) is 12.7 Å². The van der Waals surface area contributed by atoms with Gasteiger partial charge in [-0.15, -0.1) is 0 Å². The fourth-order valence-corrected chi connectivity index (χ4v) is 2.23. The van der Waals surface area contributed by atoms with Crippen LogP contribution in [-0.2, 0) is 19.6 Å². The third-order valence-electron chi connectivity index (χ3n) is 2.90. The number of methoxy groups -OCH3 is 2. The van der Waals surface area contributed by atoms with Crippen molar-refractivity contribution in [1.29, 1.82) is 0 Å². The molecule has 0 aliphatic carbocycles. The first kappa shape index (κ1) is 25.4. The van der Waals surface area contributed by atoms with E-state index in [1.54, 1.807) is 14.2 Å². The van der Waals surface area contributed by atoms with E-state index in [2.05, 4.69) is 20.2 Å². The van der Waals surface area contributed by atoms with Gasteiger partial charge >= 0.3 is 21.6 Å². The predicted molar refractivity (Wildman–Crippen MR) is 92.1 cm³/mol. The lowest BCUT2D eigenvalue weighted by atomic mass is 10.0. The van der Waals surface area contributed by atoms with Crippen molar-refractivity contribution in [3.63, 3.8) is 0 Å². The quantitative estimate of drug-likeness (QED) is 0.215. The van der Waals surface area contributed by atoms with Gasteiger partial charge in [0, 0.05) is 31.4 Å². The summed E-state index contributed by atoms with van der Waals surface area (Å²) < 4.78 is 77.8. The minimum Gasteiger partial charge on any atom is -0.488 e. The molecule has 0 heterocycles.